The number of rotatable bonds is 22. The predicted octanol–water partition coefficient (Wildman–Crippen LogP) is 10.8. The highest BCUT2D eigenvalue weighted by atomic mass is 35.5. The number of hydrogen-bond acceptors (Lipinski definition) is 0. The Kier molecular flexibility index (Phi) is 20.0. The van der Waals surface area contributed by atoms with Crippen molar-refractivity contribution in [3.8, 4) is 0 Å². The third-order valence-electron chi connectivity index (χ3n) is 9.34. The molecular weight excluding hydrogens is 555 g/mol. The van der Waals surface area contributed by atoms with Crippen LogP contribution >= 0.6 is 21.0 Å². The van der Waals surface area contributed by atoms with Crippen LogP contribution in [0, 0.1) is 0 Å². The Balaban J connectivity index is 0.00000800. The zero-order chi connectivity index (χ0) is 28.4. The quantitative estimate of drug-likeness (QED) is 0.0909. The Morgan fingerprint density at radius 1 is 0.400 bits per heavy atom. The number of halogens is 1. The maximum atomic E-state index is 2.57. The van der Waals surface area contributed by atoms with Gasteiger partial charge in [0.2, 0.25) is 0 Å². The van der Waals surface area contributed by atoms with Gasteiger partial charge in [-0.25, -0.2) is 0 Å². The average Bonchev–Trinajstić information content (AvgIpc) is 2.98. The van der Waals surface area contributed by atoms with E-state index in [2.05, 4.69) is 90.1 Å². The molecule has 0 spiro atoms. The lowest BCUT2D eigenvalue weighted by Gasteiger charge is -2.33. The fraction of sp³-hybridized carbons (Fsp3) is 0.667. The first-order valence-corrected chi connectivity index (χ1v) is 23.2. The molecule has 2 aromatic rings. The molecule has 0 saturated carbocycles. The largest absolute Gasteiger partial charge is 0.147 e. The van der Waals surface area contributed by atoms with Crippen LogP contribution in [0.4, 0.5) is 0 Å². The first-order valence-electron chi connectivity index (χ1n) is 17.0. The molecule has 0 aliphatic carbocycles. The molecule has 0 N–H and O–H groups in total. The zero-order valence-corrected chi connectivity index (χ0v) is 31.1. The summed E-state index contributed by atoms with van der Waals surface area (Å²) in [6, 6.07) is 29.2. The van der Waals surface area contributed by atoms with Gasteiger partial charge in [-0.3, -0.25) is 0 Å². The van der Waals surface area contributed by atoms with E-state index in [1.54, 1.807) is 10.4 Å². The Morgan fingerprint density at radius 3 is 0.825 bits per heavy atom. The van der Waals surface area contributed by atoms with E-state index in [-0.39, 0.29) is 12.4 Å². The van der Waals surface area contributed by atoms with Crippen LogP contribution in [0.3, 0.4) is 0 Å². The molecule has 0 bridgehead atoms. The second kappa shape index (κ2) is 21.3. The van der Waals surface area contributed by atoms with E-state index in [1.165, 1.54) is 124 Å². The predicted molar refractivity (Wildman–Crippen MR) is 197 cm³/mol. The van der Waals surface area contributed by atoms with Gasteiger partial charge in [0.05, 0.1) is 16.1 Å². The fourth-order valence-corrected chi connectivity index (χ4v) is 18.8. The van der Waals surface area contributed by atoms with Crippen molar-refractivity contribution in [1.29, 1.82) is 0 Å². The summed E-state index contributed by atoms with van der Waals surface area (Å²) in [5.41, 5.74) is 0. The second-order valence-corrected chi connectivity index (χ2v) is 23.1. The van der Waals surface area contributed by atoms with E-state index in [0.29, 0.717) is 0 Å². The van der Waals surface area contributed by atoms with Gasteiger partial charge in [-0.05, 0) is 10.6 Å². The highest BCUT2D eigenvalue weighted by Gasteiger charge is 2.34. The fourth-order valence-electron chi connectivity index (χ4n) is 6.69. The Hall–Kier alpha value is -0.406. The summed E-state index contributed by atoms with van der Waals surface area (Å²) in [6.45, 7) is 14.2. The minimum Gasteiger partial charge on any atom is -0.147 e. The molecular formula is C36H64ClPSi2. The zero-order valence-electron chi connectivity index (χ0n) is 27.3. The maximum Gasteiger partial charge on any atom is 0.0867 e. The molecule has 2 aromatic carbocycles. The van der Waals surface area contributed by atoms with Crippen LogP contribution in [-0.2, 0) is 0 Å². The van der Waals surface area contributed by atoms with E-state index >= 15 is 0 Å². The SMILES string of the molecule is CCCC[Si](CCCC)(CCCC)c1ccc(Pc2ccc([Si](CCCC)(CCCC)CCCC)cc2)cc1.Cl. The van der Waals surface area contributed by atoms with Gasteiger partial charge >= 0.3 is 0 Å². The topological polar surface area (TPSA) is 0 Å². The molecule has 0 saturated heterocycles. The van der Waals surface area contributed by atoms with Crippen LogP contribution in [0.1, 0.15) is 119 Å². The molecule has 0 nitrogen and oxygen atoms in total. The smallest absolute Gasteiger partial charge is 0.0867 e. The lowest BCUT2D eigenvalue weighted by Crippen LogP contribution is -2.47. The van der Waals surface area contributed by atoms with E-state index in [0.717, 1.165) is 8.58 Å². The minimum absolute atomic E-state index is 0. The van der Waals surface area contributed by atoms with Crippen molar-refractivity contribution in [2.75, 3.05) is 0 Å². The van der Waals surface area contributed by atoms with Crippen molar-refractivity contribution in [2.45, 2.75) is 155 Å². The maximum absolute atomic E-state index is 2.57. The Bertz CT molecular complexity index is 764. The van der Waals surface area contributed by atoms with Gasteiger partial charge in [-0.2, -0.15) is 0 Å². The van der Waals surface area contributed by atoms with E-state index in [1.807, 2.05) is 0 Å². The third kappa shape index (κ3) is 11.7. The van der Waals surface area contributed by atoms with Crippen LogP contribution in [0.2, 0.25) is 36.3 Å². The summed E-state index contributed by atoms with van der Waals surface area (Å²) in [4.78, 5) is 0. The highest BCUT2D eigenvalue weighted by molar-refractivity contribution is 7.55. The van der Waals surface area contributed by atoms with Crippen LogP contribution in [-0.4, -0.2) is 16.1 Å². The van der Waals surface area contributed by atoms with Gasteiger partial charge in [0.25, 0.3) is 0 Å². The minimum atomic E-state index is -1.40. The van der Waals surface area contributed by atoms with Gasteiger partial charge in [-0.1, -0.05) is 222 Å². The van der Waals surface area contributed by atoms with Gasteiger partial charge in [0, 0.05) is 0 Å². The third-order valence-corrected chi connectivity index (χ3v) is 21.6. The van der Waals surface area contributed by atoms with Crippen molar-refractivity contribution in [3.05, 3.63) is 48.5 Å². The molecule has 0 heterocycles. The standard InChI is InChI=1S/C36H63PSi2.ClH/c1-7-13-27-38(28-14-8-2,29-15-9-3)35-23-19-33(20-24-35)37-34-21-25-36(26-22-34)39(30-16-10-4,31-17-11-5)32-18-12-6;/h19-26,37H,7-18,27-32H2,1-6H3;1H. The molecule has 228 valence electrons. The van der Waals surface area contributed by atoms with Crippen LogP contribution < -0.4 is 21.0 Å². The molecule has 4 heteroatoms. The molecule has 2 rings (SSSR count). The molecule has 0 radical (unpaired) electrons. The van der Waals surface area contributed by atoms with Crippen LogP contribution in [0.15, 0.2) is 48.5 Å². The first-order chi connectivity index (χ1) is 19.0. The summed E-state index contributed by atoms with van der Waals surface area (Å²) in [5.74, 6) is 0. The first kappa shape index (κ1) is 37.6. The highest BCUT2D eigenvalue weighted by Crippen LogP contribution is 2.30. The number of benzene rings is 2. The normalized spacial score (nSPS) is 11.9. The summed E-state index contributed by atoms with van der Waals surface area (Å²) < 4.78 is 0. The van der Waals surface area contributed by atoms with E-state index in [9.17, 15) is 0 Å². The second-order valence-electron chi connectivity index (χ2n) is 12.5. The molecule has 0 aromatic heterocycles. The Labute approximate surface area is 260 Å². The summed E-state index contributed by atoms with van der Waals surface area (Å²) >= 11 is 0. The van der Waals surface area contributed by atoms with E-state index in [4.69, 9.17) is 0 Å². The molecule has 0 amide bonds. The van der Waals surface area contributed by atoms with Crippen molar-refractivity contribution in [1.82, 2.24) is 0 Å². The van der Waals surface area contributed by atoms with Gasteiger partial charge in [-0.15, -0.1) is 12.4 Å². The Morgan fingerprint density at radius 2 is 0.625 bits per heavy atom. The monoisotopic (exact) mass is 618 g/mol. The molecule has 0 aliphatic heterocycles. The molecule has 0 atom stereocenters. The molecule has 0 fully saturated rings. The van der Waals surface area contributed by atoms with Crippen molar-refractivity contribution in [3.63, 3.8) is 0 Å². The van der Waals surface area contributed by atoms with E-state index < -0.39 is 16.1 Å². The summed E-state index contributed by atoms with van der Waals surface area (Å²) in [7, 11) is -2.03. The van der Waals surface area contributed by atoms with Gasteiger partial charge in [0.15, 0.2) is 0 Å². The number of hydrogen-bond donors (Lipinski definition) is 0. The summed E-state index contributed by atoms with van der Waals surface area (Å²) in [6.07, 6.45) is 16.5. The van der Waals surface area contributed by atoms with Gasteiger partial charge < -0.3 is 0 Å². The van der Waals surface area contributed by atoms with Crippen molar-refractivity contribution >= 4 is 58.1 Å². The lowest BCUT2D eigenvalue weighted by molar-refractivity contribution is 0.800. The molecule has 40 heavy (non-hydrogen) atoms. The van der Waals surface area contributed by atoms with Crippen molar-refractivity contribution in [2.24, 2.45) is 0 Å². The average molecular weight is 620 g/mol. The van der Waals surface area contributed by atoms with Crippen LogP contribution in [0.5, 0.6) is 0 Å². The van der Waals surface area contributed by atoms with Crippen molar-refractivity contribution < 1.29 is 0 Å². The molecule has 0 aliphatic rings. The van der Waals surface area contributed by atoms with Crippen LogP contribution in [0.25, 0.3) is 0 Å². The van der Waals surface area contributed by atoms with Gasteiger partial charge in [0.1, 0.15) is 0 Å². The lowest BCUT2D eigenvalue weighted by atomic mass is 10.3. The number of unbranched alkanes of at least 4 members (excludes halogenated alkanes) is 6. The molecule has 0 unspecified atom stereocenters. The summed E-state index contributed by atoms with van der Waals surface area (Å²) in [5, 5.41) is 6.53.